The van der Waals surface area contributed by atoms with E-state index < -0.39 is 0 Å². The first-order valence-corrected chi connectivity index (χ1v) is 7.22. The first-order valence-electron chi connectivity index (χ1n) is 5.26. The van der Waals surface area contributed by atoms with E-state index in [2.05, 4.69) is 27.9 Å². The van der Waals surface area contributed by atoms with Gasteiger partial charge >= 0.3 is 4.87 Å². The highest BCUT2D eigenvalue weighted by Gasteiger charge is 2.08. The third-order valence-corrected chi connectivity index (χ3v) is 4.01. The molecular weight excluding hydrogens is 363 g/mol. The molecule has 1 aromatic carbocycles. The number of hydrogen-bond donors (Lipinski definition) is 1. The van der Waals surface area contributed by atoms with Crippen LogP contribution in [0.2, 0.25) is 0 Å². The summed E-state index contributed by atoms with van der Waals surface area (Å²) in [7, 11) is 0. The van der Waals surface area contributed by atoms with Crippen LogP contribution in [0.3, 0.4) is 0 Å². The summed E-state index contributed by atoms with van der Waals surface area (Å²) < 4.78 is 2.57. The van der Waals surface area contributed by atoms with E-state index in [-0.39, 0.29) is 17.3 Å². The lowest BCUT2D eigenvalue weighted by molar-refractivity contribution is -0.116. The van der Waals surface area contributed by atoms with Crippen LogP contribution < -0.4 is 10.2 Å². The third-order valence-electron chi connectivity index (χ3n) is 2.41. The number of aromatic nitrogens is 1. The van der Waals surface area contributed by atoms with Crippen molar-refractivity contribution in [2.24, 2.45) is 0 Å². The van der Waals surface area contributed by atoms with Crippen LogP contribution in [0.5, 0.6) is 0 Å². The van der Waals surface area contributed by atoms with Crippen LogP contribution in [0.25, 0.3) is 0 Å². The SMILES string of the molecule is Cc1csc(=O)n1CC(=O)Nc1ccc(I)cc1. The zero-order valence-corrected chi connectivity index (χ0v) is 12.6. The predicted octanol–water partition coefficient (Wildman–Crippen LogP) is 2.46. The van der Waals surface area contributed by atoms with Crippen LogP contribution in [0.4, 0.5) is 5.69 Å². The molecule has 1 heterocycles. The van der Waals surface area contributed by atoms with Crippen LogP contribution >= 0.6 is 33.9 Å². The molecule has 0 spiro atoms. The normalized spacial score (nSPS) is 10.3. The zero-order valence-electron chi connectivity index (χ0n) is 9.64. The maximum Gasteiger partial charge on any atom is 0.307 e. The van der Waals surface area contributed by atoms with E-state index in [1.54, 1.807) is 5.38 Å². The second-order valence-corrected chi connectivity index (χ2v) is 5.85. The summed E-state index contributed by atoms with van der Waals surface area (Å²) in [4.78, 5) is 23.2. The molecule has 6 heteroatoms. The van der Waals surface area contributed by atoms with Gasteiger partial charge in [-0.25, -0.2) is 0 Å². The van der Waals surface area contributed by atoms with Crippen molar-refractivity contribution in [3.05, 3.63) is 48.6 Å². The molecule has 2 rings (SSSR count). The fourth-order valence-corrected chi connectivity index (χ4v) is 2.57. The highest BCUT2D eigenvalue weighted by molar-refractivity contribution is 14.1. The Balaban J connectivity index is 2.05. The number of carbonyl (C=O) groups is 1. The van der Waals surface area contributed by atoms with Crippen molar-refractivity contribution in [2.45, 2.75) is 13.5 Å². The molecule has 0 bridgehead atoms. The van der Waals surface area contributed by atoms with Crippen molar-refractivity contribution < 1.29 is 4.79 Å². The molecule has 0 atom stereocenters. The summed E-state index contributed by atoms with van der Waals surface area (Å²) in [5.41, 5.74) is 1.55. The van der Waals surface area contributed by atoms with Gasteiger partial charge in [-0.1, -0.05) is 11.3 Å². The molecule has 0 fully saturated rings. The molecule has 0 saturated carbocycles. The number of thiazole rings is 1. The molecule has 94 valence electrons. The van der Waals surface area contributed by atoms with Crippen molar-refractivity contribution in [1.29, 1.82) is 0 Å². The molecule has 18 heavy (non-hydrogen) atoms. The van der Waals surface area contributed by atoms with Gasteiger partial charge in [-0.3, -0.25) is 14.2 Å². The van der Waals surface area contributed by atoms with Gasteiger partial charge in [0.05, 0.1) is 0 Å². The van der Waals surface area contributed by atoms with Crippen LogP contribution in [0.15, 0.2) is 34.4 Å². The number of benzene rings is 1. The van der Waals surface area contributed by atoms with E-state index in [1.807, 2.05) is 31.2 Å². The standard InChI is InChI=1S/C12H11IN2O2S/c1-8-7-18-12(17)15(8)6-11(16)14-10-4-2-9(13)3-5-10/h2-5,7H,6H2,1H3,(H,14,16). The zero-order chi connectivity index (χ0) is 13.1. The molecule has 1 aromatic heterocycles. The number of carbonyl (C=O) groups excluding carboxylic acids is 1. The quantitative estimate of drug-likeness (QED) is 0.840. The first-order chi connectivity index (χ1) is 8.56. The van der Waals surface area contributed by atoms with Gasteiger partial charge in [-0.2, -0.15) is 0 Å². The Bertz CT molecular complexity index is 616. The summed E-state index contributed by atoms with van der Waals surface area (Å²) >= 11 is 3.31. The molecular formula is C12H11IN2O2S. The maximum atomic E-state index is 11.8. The Morgan fingerprint density at radius 1 is 1.39 bits per heavy atom. The number of nitrogens with one attached hydrogen (secondary N) is 1. The number of amides is 1. The molecule has 2 aromatic rings. The van der Waals surface area contributed by atoms with Crippen molar-refractivity contribution in [2.75, 3.05) is 5.32 Å². The van der Waals surface area contributed by atoms with Crippen molar-refractivity contribution in [3.8, 4) is 0 Å². The molecule has 0 aliphatic rings. The maximum absolute atomic E-state index is 11.8. The Morgan fingerprint density at radius 3 is 2.61 bits per heavy atom. The van der Waals surface area contributed by atoms with Crippen LogP contribution in [-0.2, 0) is 11.3 Å². The summed E-state index contributed by atoms with van der Waals surface area (Å²) in [5.74, 6) is -0.195. The average Bonchev–Trinajstić information content (AvgIpc) is 2.64. The summed E-state index contributed by atoms with van der Waals surface area (Å²) in [6.45, 7) is 1.87. The van der Waals surface area contributed by atoms with E-state index in [0.29, 0.717) is 0 Å². The fourth-order valence-electron chi connectivity index (χ4n) is 1.47. The summed E-state index contributed by atoms with van der Waals surface area (Å²) in [6.07, 6.45) is 0. The number of aryl methyl sites for hydroxylation is 1. The van der Waals surface area contributed by atoms with Gasteiger partial charge in [-0.05, 0) is 53.8 Å². The first kappa shape index (κ1) is 13.3. The van der Waals surface area contributed by atoms with Gasteiger partial charge in [0.1, 0.15) is 6.54 Å². The van der Waals surface area contributed by atoms with Crippen molar-refractivity contribution in [1.82, 2.24) is 4.57 Å². The van der Waals surface area contributed by atoms with Gasteiger partial charge in [0, 0.05) is 20.3 Å². The van der Waals surface area contributed by atoms with Crippen molar-refractivity contribution >= 4 is 45.5 Å². The molecule has 0 saturated heterocycles. The molecule has 0 radical (unpaired) electrons. The Hall–Kier alpha value is -1.15. The molecule has 0 aliphatic heterocycles. The summed E-state index contributed by atoms with van der Waals surface area (Å²) in [6, 6.07) is 7.50. The van der Waals surface area contributed by atoms with Crippen LogP contribution in [0.1, 0.15) is 5.69 Å². The van der Waals surface area contributed by atoms with E-state index in [0.717, 1.165) is 26.3 Å². The average molecular weight is 374 g/mol. The highest BCUT2D eigenvalue weighted by atomic mass is 127. The minimum Gasteiger partial charge on any atom is -0.325 e. The topological polar surface area (TPSA) is 51.1 Å². The number of hydrogen-bond acceptors (Lipinski definition) is 3. The van der Waals surface area contributed by atoms with E-state index in [9.17, 15) is 9.59 Å². The van der Waals surface area contributed by atoms with Gasteiger partial charge in [0.2, 0.25) is 5.91 Å². The Morgan fingerprint density at radius 2 is 2.06 bits per heavy atom. The number of halogens is 1. The fraction of sp³-hybridized carbons (Fsp3) is 0.167. The number of anilines is 1. The third kappa shape index (κ3) is 3.20. The van der Waals surface area contributed by atoms with Gasteiger partial charge in [-0.15, -0.1) is 0 Å². The highest BCUT2D eigenvalue weighted by Crippen LogP contribution is 2.11. The van der Waals surface area contributed by atoms with E-state index in [4.69, 9.17) is 0 Å². The Labute approximate surface area is 122 Å². The largest absolute Gasteiger partial charge is 0.325 e. The Kier molecular flexibility index (Phi) is 4.18. The van der Waals surface area contributed by atoms with Gasteiger partial charge in [0.15, 0.2) is 0 Å². The molecule has 1 N–H and O–H groups in total. The smallest absolute Gasteiger partial charge is 0.307 e. The van der Waals surface area contributed by atoms with E-state index >= 15 is 0 Å². The molecule has 0 unspecified atom stereocenters. The van der Waals surface area contributed by atoms with E-state index in [1.165, 1.54) is 4.57 Å². The van der Waals surface area contributed by atoms with Crippen LogP contribution in [0, 0.1) is 10.5 Å². The number of rotatable bonds is 3. The van der Waals surface area contributed by atoms with Crippen molar-refractivity contribution in [3.63, 3.8) is 0 Å². The molecule has 1 amide bonds. The molecule has 0 aliphatic carbocycles. The van der Waals surface area contributed by atoms with Gasteiger partial charge in [0.25, 0.3) is 0 Å². The van der Waals surface area contributed by atoms with Gasteiger partial charge < -0.3 is 5.32 Å². The predicted molar refractivity (Wildman–Crippen MR) is 81.1 cm³/mol. The number of nitrogens with zero attached hydrogens (tertiary/aromatic N) is 1. The second-order valence-electron chi connectivity index (χ2n) is 3.78. The lowest BCUT2D eigenvalue weighted by Crippen LogP contribution is -2.25. The monoisotopic (exact) mass is 374 g/mol. The summed E-state index contributed by atoms with van der Waals surface area (Å²) in [5, 5.41) is 4.51. The molecule has 4 nitrogen and oxygen atoms in total. The van der Waals surface area contributed by atoms with Crippen LogP contribution in [-0.4, -0.2) is 10.5 Å². The lowest BCUT2D eigenvalue weighted by atomic mass is 10.3. The lowest BCUT2D eigenvalue weighted by Gasteiger charge is -2.06. The minimum atomic E-state index is -0.195. The minimum absolute atomic E-state index is 0.0557. The second kappa shape index (κ2) is 5.66.